The summed E-state index contributed by atoms with van der Waals surface area (Å²) in [5.74, 6) is -0.711. The Kier molecular flexibility index (Phi) is 10.8. The minimum atomic E-state index is -2.35. The molecule has 2 aromatic heterocycles. The summed E-state index contributed by atoms with van der Waals surface area (Å²) in [6.07, 6.45) is 0.772. The minimum Gasteiger partial charge on any atom is -0.414 e. The normalized spacial score (nSPS) is 20.1. The monoisotopic (exact) mass is 732 g/mol. The molecule has 0 spiro atoms. The Morgan fingerprint density at radius 3 is 1.96 bits per heavy atom. The third kappa shape index (κ3) is 8.16. The fourth-order valence-electron chi connectivity index (χ4n) is 5.28. The van der Waals surface area contributed by atoms with Gasteiger partial charge >= 0.3 is 0 Å². The molecule has 51 heavy (non-hydrogen) atoms. The Hall–Kier alpha value is -3.80. The van der Waals surface area contributed by atoms with Crippen LogP contribution in [0.3, 0.4) is 0 Å². The van der Waals surface area contributed by atoms with Crippen molar-refractivity contribution in [2.45, 2.75) is 102 Å². The van der Waals surface area contributed by atoms with Crippen molar-refractivity contribution >= 4 is 51.4 Å². The average Bonchev–Trinajstić information content (AvgIpc) is 3.65. The lowest BCUT2D eigenvalue weighted by molar-refractivity contribution is -0.143. The molecule has 1 aliphatic heterocycles. The van der Waals surface area contributed by atoms with Gasteiger partial charge in [0.05, 0.1) is 25.6 Å². The molecule has 12 nitrogen and oxygen atoms in total. The van der Waals surface area contributed by atoms with Crippen molar-refractivity contribution in [3.8, 4) is 0 Å². The van der Waals surface area contributed by atoms with Gasteiger partial charge in [-0.05, 0) is 60.5 Å². The number of amides is 2. The number of carbonyl (C=O) groups excluding carboxylic acids is 2. The number of rotatable bonds is 11. The summed E-state index contributed by atoms with van der Waals surface area (Å²) in [5.41, 5.74) is 0.309. The van der Waals surface area contributed by atoms with E-state index in [9.17, 15) is 14.7 Å². The van der Waals surface area contributed by atoms with Crippen molar-refractivity contribution in [1.29, 1.82) is 0 Å². The quantitative estimate of drug-likeness (QED) is 0.134. The molecule has 1 aliphatic rings. The van der Waals surface area contributed by atoms with Crippen molar-refractivity contribution in [2.24, 2.45) is 0 Å². The summed E-state index contributed by atoms with van der Waals surface area (Å²) < 4.78 is 22.3. The molecule has 5 rings (SSSR count). The van der Waals surface area contributed by atoms with Gasteiger partial charge in [-0.25, -0.2) is 4.98 Å². The van der Waals surface area contributed by atoms with Gasteiger partial charge in [-0.1, -0.05) is 77.9 Å². The van der Waals surface area contributed by atoms with Gasteiger partial charge in [-0.15, -0.1) is 0 Å². The summed E-state index contributed by atoms with van der Waals surface area (Å²) in [6, 6.07) is 17.5. The number of anilines is 2. The number of nitrogens with zero attached hydrogens (tertiary/aromatic N) is 4. The summed E-state index contributed by atoms with van der Waals surface area (Å²) in [6.45, 7) is 21.6. The van der Waals surface area contributed by atoms with Gasteiger partial charge in [0, 0.05) is 17.5 Å². The lowest BCUT2D eigenvalue weighted by Gasteiger charge is -2.44. The smallest absolute Gasteiger partial charge is 0.258 e. The van der Waals surface area contributed by atoms with Crippen LogP contribution in [0.15, 0.2) is 67.0 Å². The Morgan fingerprint density at radius 1 is 0.882 bits per heavy atom. The van der Waals surface area contributed by atoms with Crippen molar-refractivity contribution < 1.29 is 28.3 Å². The number of hydrogen-bond donors (Lipinski definition) is 3. The van der Waals surface area contributed by atoms with Gasteiger partial charge < -0.3 is 24.0 Å². The second-order valence-corrected chi connectivity index (χ2v) is 25.9. The van der Waals surface area contributed by atoms with Crippen LogP contribution in [0.25, 0.3) is 11.2 Å². The number of carbonyl (C=O) groups is 2. The number of benzene rings is 2. The Balaban J connectivity index is 1.57. The van der Waals surface area contributed by atoms with E-state index in [0.29, 0.717) is 28.7 Å². The number of aliphatic hydroxyl groups is 1. The molecule has 0 saturated carbocycles. The topological polar surface area (TPSA) is 150 Å². The van der Waals surface area contributed by atoms with Gasteiger partial charge in [0.1, 0.15) is 11.8 Å². The first-order chi connectivity index (χ1) is 23.8. The maximum Gasteiger partial charge on any atom is 0.258 e. The lowest BCUT2D eigenvalue weighted by Crippen LogP contribution is -2.56. The molecule has 4 aromatic rings. The number of imidazole rings is 1. The molecule has 2 aromatic carbocycles. The van der Waals surface area contributed by atoms with Crippen LogP contribution in [0.5, 0.6) is 0 Å². The second-order valence-electron chi connectivity index (χ2n) is 16.3. The minimum absolute atomic E-state index is 0.0248. The van der Waals surface area contributed by atoms with Gasteiger partial charge in [0.2, 0.25) is 5.95 Å². The van der Waals surface area contributed by atoms with E-state index in [1.165, 1.54) is 0 Å². The Labute approximate surface area is 302 Å². The fourth-order valence-corrected chi connectivity index (χ4v) is 7.70. The fraction of sp³-hybridized carbons (Fsp3) is 0.486. The molecule has 0 unspecified atom stereocenters. The zero-order valence-corrected chi connectivity index (χ0v) is 33.4. The van der Waals surface area contributed by atoms with E-state index in [-0.39, 0.29) is 35.1 Å². The molecular weight excluding hydrogens is 681 g/mol. The second kappa shape index (κ2) is 14.3. The van der Waals surface area contributed by atoms with E-state index in [4.69, 9.17) is 18.6 Å². The molecule has 1 fully saturated rings. The lowest BCUT2D eigenvalue weighted by atomic mass is 9.99. The molecule has 3 atom stereocenters. The van der Waals surface area contributed by atoms with Crippen LogP contribution in [0, 0.1) is 0 Å². The van der Waals surface area contributed by atoms with Crippen LogP contribution in [-0.2, 0) is 13.6 Å². The Morgan fingerprint density at radius 2 is 1.43 bits per heavy atom. The first-order valence-corrected chi connectivity index (χ1v) is 23.2. The molecule has 1 saturated heterocycles. The molecule has 2 amide bonds. The maximum absolute atomic E-state index is 13.3. The van der Waals surface area contributed by atoms with Gasteiger partial charge in [0.15, 0.2) is 33.6 Å². The largest absolute Gasteiger partial charge is 0.414 e. The molecule has 3 heterocycles. The molecular formula is C37H52N6O6Si2. The molecule has 14 heteroatoms. The number of aromatic nitrogens is 4. The zero-order chi connectivity index (χ0) is 37.4. The van der Waals surface area contributed by atoms with Crippen molar-refractivity contribution in [2.75, 3.05) is 23.8 Å². The average molecular weight is 733 g/mol. The van der Waals surface area contributed by atoms with Crippen molar-refractivity contribution in [1.82, 2.24) is 19.5 Å². The summed E-state index contributed by atoms with van der Waals surface area (Å²) in [4.78, 5) is 40.4. The maximum atomic E-state index is 13.3. The van der Waals surface area contributed by atoms with E-state index in [2.05, 4.69) is 88.3 Å². The van der Waals surface area contributed by atoms with Crippen LogP contribution >= 0.6 is 0 Å². The van der Waals surface area contributed by atoms with Crippen LogP contribution < -0.4 is 10.6 Å². The van der Waals surface area contributed by atoms with Crippen molar-refractivity contribution in [3.63, 3.8) is 0 Å². The number of hydrogen-bond acceptors (Lipinski definition) is 9. The molecule has 0 radical (unpaired) electrons. The highest BCUT2D eigenvalue weighted by Crippen LogP contribution is 2.47. The van der Waals surface area contributed by atoms with E-state index < -0.39 is 46.4 Å². The summed E-state index contributed by atoms with van der Waals surface area (Å²) >= 11 is 0. The number of nitrogens with one attached hydrogen (secondary N) is 2. The molecule has 0 aliphatic carbocycles. The highest BCUT2D eigenvalue weighted by Gasteiger charge is 2.55. The van der Waals surface area contributed by atoms with Crippen LogP contribution in [0.4, 0.5) is 11.8 Å². The number of fused-ring (bicyclic) bond motifs is 1. The van der Waals surface area contributed by atoms with Gasteiger partial charge in [0.25, 0.3) is 11.8 Å². The molecule has 0 bridgehead atoms. The standard InChI is InChI=1S/C37H52N6O6Si2/c1-35(2,3)50(7,8)47-23-37(22-44)27(49-51(9,10)36(4,5)6)21-28(48-37)43-24-38-29-30(39-32(45)25-17-13-11-14-18-25)40-34(41-31(29)43)42-33(46)26-19-15-12-16-20-26/h11-20,24,27-28,44H,21-23H2,1-10H3,(H2,39,40,41,42,45,46)/t27-,28+,37+/m0/s1. The highest BCUT2D eigenvalue weighted by atomic mass is 28.4. The predicted molar refractivity (Wildman–Crippen MR) is 204 cm³/mol. The SMILES string of the molecule is CC(C)(C)[Si](C)(C)OC[C@@]1(CO)O[C@@H](n2cnc3c(NC(=O)c4ccccc4)nc(NC(=O)c4ccccc4)nc32)C[C@@H]1O[Si](C)(C)C(C)(C)C. The molecule has 274 valence electrons. The molecule has 3 N–H and O–H groups in total. The Bertz CT molecular complexity index is 1860. The van der Waals surface area contributed by atoms with Crippen LogP contribution in [0.1, 0.15) is 74.9 Å². The third-order valence-corrected chi connectivity index (χ3v) is 19.6. The first kappa shape index (κ1) is 38.4. The zero-order valence-electron chi connectivity index (χ0n) is 31.4. The van der Waals surface area contributed by atoms with Gasteiger partial charge in [-0.2, -0.15) is 9.97 Å². The van der Waals surface area contributed by atoms with E-state index in [1.807, 2.05) is 12.1 Å². The number of aliphatic hydroxyl groups excluding tert-OH is 1. The third-order valence-electron chi connectivity index (χ3n) is 10.6. The van der Waals surface area contributed by atoms with Crippen LogP contribution in [0.2, 0.25) is 36.3 Å². The first-order valence-electron chi connectivity index (χ1n) is 17.3. The van der Waals surface area contributed by atoms with E-state index in [1.54, 1.807) is 59.4 Å². The van der Waals surface area contributed by atoms with Gasteiger partial charge in [-0.3, -0.25) is 19.5 Å². The predicted octanol–water partition coefficient (Wildman–Crippen LogP) is 7.39. The van der Waals surface area contributed by atoms with E-state index >= 15 is 0 Å². The highest BCUT2D eigenvalue weighted by molar-refractivity contribution is 6.74. The van der Waals surface area contributed by atoms with Crippen LogP contribution in [-0.4, -0.2) is 78.0 Å². The number of ether oxygens (including phenoxy) is 1. The van der Waals surface area contributed by atoms with E-state index in [0.717, 1.165) is 0 Å². The van der Waals surface area contributed by atoms with Crippen molar-refractivity contribution in [3.05, 3.63) is 78.1 Å². The summed E-state index contributed by atoms with van der Waals surface area (Å²) in [5, 5.41) is 16.6. The summed E-state index contributed by atoms with van der Waals surface area (Å²) in [7, 11) is -4.61.